The van der Waals surface area contributed by atoms with Crippen LogP contribution >= 0.6 is 35.3 Å². The number of benzene rings is 6. The lowest BCUT2D eigenvalue weighted by Gasteiger charge is -2.23. The summed E-state index contributed by atoms with van der Waals surface area (Å²) in [6, 6.07) is 50.0. The van der Waals surface area contributed by atoms with E-state index in [0.29, 0.717) is 24.6 Å². The van der Waals surface area contributed by atoms with Crippen molar-refractivity contribution in [2.45, 2.75) is 39.1 Å². The molecule has 62 heavy (non-hydrogen) atoms. The van der Waals surface area contributed by atoms with Crippen LogP contribution < -0.4 is 10.0 Å². The Morgan fingerprint density at radius 3 is 1.48 bits per heavy atom. The summed E-state index contributed by atoms with van der Waals surface area (Å²) in [7, 11) is 0. The number of anilines is 2. The van der Waals surface area contributed by atoms with Crippen LogP contribution in [0.1, 0.15) is 25.0 Å². The van der Waals surface area contributed by atoms with Gasteiger partial charge >= 0.3 is 0 Å². The molecule has 6 aromatic carbocycles. The van der Waals surface area contributed by atoms with Crippen molar-refractivity contribution in [3.05, 3.63) is 168 Å². The maximum absolute atomic E-state index is 11.2. The molecule has 0 radical (unpaired) electrons. The maximum Gasteiger partial charge on any atom is 0.0830 e. The average molecular weight is 877 g/mol. The van der Waals surface area contributed by atoms with Gasteiger partial charge < -0.3 is 19.3 Å². The Labute approximate surface area is 376 Å². The number of hydrazone groups is 2. The Bertz CT molecular complexity index is 2820. The molecule has 0 bridgehead atoms. The van der Waals surface area contributed by atoms with Gasteiger partial charge in [0, 0.05) is 77.5 Å². The summed E-state index contributed by atoms with van der Waals surface area (Å²) in [4.78, 5) is 0. The van der Waals surface area contributed by atoms with E-state index in [-0.39, 0.29) is 0 Å². The highest BCUT2D eigenvalue weighted by Crippen LogP contribution is 2.33. The van der Waals surface area contributed by atoms with Crippen molar-refractivity contribution in [1.82, 2.24) is 9.13 Å². The SMILES string of the molecule is C=C(SCSCC(O)CN(/N=C/c1ccc2c(c1)c1ccccc1n2CC)c1ccccc1)SCC(O)CN(/N=C/c1ccc2c(c1)c1ccccc1n2CC)c1ccccc1. The lowest BCUT2D eigenvalue weighted by molar-refractivity contribution is 0.204. The number of rotatable bonds is 20. The number of para-hydroxylation sites is 4. The van der Waals surface area contributed by atoms with Crippen molar-refractivity contribution in [3.63, 3.8) is 0 Å². The van der Waals surface area contributed by atoms with E-state index < -0.39 is 12.2 Å². The molecule has 2 unspecified atom stereocenters. The van der Waals surface area contributed by atoms with E-state index in [1.165, 1.54) is 43.6 Å². The first kappa shape index (κ1) is 43.2. The predicted octanol–water partition coefficient (Wildman–Crippen LogP) is 11.7. The van der Waals surface area contributed by atoms with Crippen LogP contribution in [0.2, 0.25) is 0 Å². The molecule has 0 fully saturated rings. The highest BCUT2D eigenvalue weighted by atomic mass is 32.2. The molecule has 0 aliphatic heterocycles. The van der Waals surface area contributed by atoms with Crippen LogP contribution in [0, 0.1) is 0 Å². The van der Waals surface area contributed by atoms with Gasteiger partial charge in [-0.3, -0.25) is 10.0 Å². The molecule has 8 aromatic rings. The molecule has 2 heterocycles. The van der Waals surface area contributed by atoms with Gasteiger partial charge in [-0.05, 0) is 85.6 Å². The molecule has 316 valence electrons. The smallest absolute Gasteiger partial charge is 0.0830 e. The second-order valence-electron chi connectivity index (χ2n) is 15.0. The number of fused-ring (bicyclic) bond motifs is 6. The summed E-state index contributed by atoms with van der Waals surface area (Å²) in [5.74, 6) is 1.03. The lowest BCUT2D eigenvalue weighted by Crippen LogP contribution is -2.30. The molecule has 8 rings (SSSR count). The van der Waals surface area contributed by atoms with Gasteiger partial charge in [-0.15, -0.1) is 35.3 Å². The standard InChI is InChI=1S/C51H52N6O2S3/c1-4-54-48-22-14-12-20-44(48)46-28-38(24-26-50(46)54)30-52-56(40-16-8-6-9-17-40)32-42(58)34-60-36-62-37(3)61-35-43(59)33-57(41-18-10-7-11-19-41)53-31-39-25-27-51-47(29-39)45-21-13-15-23-49(45)55(51)5-2/h6-31,42-43,58-59H,3-5,32-36H2,1-2H3/b52-30+,53-31+. The number of aromatic nitrogens is 2. The highest BCUT2D eigenvalue weighted by molar-refractivity contribution is 8.27. The third-order valence-corrected chi connectivity index (χ3v) is 14.5. The van der Waals surface area contributed by atoms with Gasteiger partial charge in [0.05, 0.1) is 49.1 Å². The third-order valence-electron chi connectivity index (χ3n) is 10.8. The van der Waals surface area contributed by atoms with Crippen LogP contribution in [0.4, 0.5) is 11.4 Å². The zero-order valence-electron chi connectivity index (χ0n) is 35.1. The number of aryl methyl sites for hydroxylation is 2. The van der Waals surface area contributed by atoms with Crippen molar-refractivity contribution >= 4 is 103 Å². The molecule has 0 aliphatic rings. The van der Waals surface area contributed by atoms with Gasteiger partial charge in [0.2, 0.25) is 0 Å². The summed E-state index contributed by atoms with van der Waals surface area (Å²) < 4.78 is 5.62. The number of aliphatic hydroxyl groups excluding tert-OH is 2. The zero-order chi connectivity index (χ0) is 42.8. The topological polar surface area (TPSA) is 81.5 Å². The largest absolute Gasteiger partial charge is 0.390 e. The van der Waals surface area contributed by atoms with Crippen LogP contribution in [0.3, 0.4) is 0 Å². The number of aliphatic hydroxyl groups is 2. The minimum Gasteiger partial charge on any atom is -0.390 e. The maximum atomic E-state index is 11.2. The molecule has 0 spiro atoms. The molecular weight excluding hydrogens is 825 g/mol. The molecular formula is C51H52N6O2S3. The van der Waals surface area contributed by atoms with Crippen LogP contribution in [0.15, 0.2) is 167 Å². The highest BCUT2D eigenvalue weighted by Gasteiger charge is 2.16. The Kier molecular flexibility index (Phi) is 14.4. The summed E-state index contributed by atoms with van der Waals surface area (Å²) in [5.41, 5.74) is 8.73. The van der Waals surface area contributed by atoms with E-state index in [9.17, 15) is 10.2 Å². The fraction of sp³-hybridized carbons (Fsp3) is 0.216. The molecule has 8 nitrogen and oxygen atoms in total. The lowest BCUT2D eigenvalue weighted by atomic mass is 10.1. The van der Waals surface area contributed by atoms with Gasteiger partial charge in [0.25, 0.3) is 0 Å². The first-order valence-corrected chi connectivity index (χ1v) is 24.2. The molecule has 0 saturated carbocycles. The molecule has 11 heteroatoms. The van der Waals surface area contributed by atoms with Crippen molar-refractivity contribution in [2.24, 2.45) is 10.2 Å². The number of nitrogens with zero attached hydrogens (tertiary/aromatic N) is 6. The third kappa shape index (κ3) is 10.1. The van der Waals surface area contributed by atoms with Crippen molar-refractivity contribution in [3.8, 4) is 0 Å². The van der Waals surface area contributed by atoms with E-state index in [2.05, 4.69) is 114 Å². The Balaban J connectivity index is 0.830. The number of thioether (sulfide) groups is 3. The van der Waals surface area contributed by atoms with Crippen LogP contribution in [-0.4, -0.2) is 73.7 Å². The number of hydrogen-bond donors (Lipinski definition) is 2. The van der Waals surface area contributed by atoms with Gasteiger partial charge in [-0.25, -0.2) is 0 Å². The Hall–Kier alpha value is -5.43. The van der Waals surface area contributed by atoms with Gasteiger partial charge in [0.15, 0.2) is 0 Å². The predicted molar refractivity (Wildman–Crippen MR) is 272 cm³/mol. The molecule has 2 aromatic heterocycles. The van der Waals surface area contributed by atoms with E-state index in [1.54, 1.807) is 35.3 Å². The van der Waals surface area contributed by atoms with E-state index in [1.807, 2.05) is 83.1 Å². The number of hydrogen-bond acceptors (Lipinski definition) is 9. The fourth-order valence-corrected chi connectivity index (χ4v) is 11.0. The van der Waals surface area contributed by atoms with Crippen LogP contribution in [-0.2, 0) is 13.1 Å². The molecule has 2 atom stereocenters. The van der Waals surface area contributed by atoms with Crippen molar-refractivity contribution in [1.29, 1.82) is 0 Å². The van der Waals surface area contributed by atoms with E-state index in [0.717, 1.165) is 44.9 Å². The fourth-order valence-electron chi connectivity index (χ4n) is 7.92. The van der Waals surface area contributed by atoms with Crippen molar-refractivity contribution < 1.29 is 10.2 Å². The van der Waals surface area contributed by atoms with Gasteiger partial charge in [-0.2, -0.15) is 10.2 Å². The zero-order valence-corrected chi connectivity index (χ0v) is 37.6. The minimum absolute atomic E-state index is 0.335. The molecule has 0 amide bonds. The molecule has 0 saturated heterocycles. The van der Waals surface area contributed by atoms with Crippen LogP contribution in [0.5, 0.6) is 0 Å². The minimum atomic E-state index is -0.641. The summed E-state index contributed by atoms with van der Waals surface area (Å²) in [6.45, 7) is 11.1. The summed E-state index contributed by atoms with van der Waals surface area (Å²) in [6.07, 6.45) is 2.52. The van der Waals surface area contributed by atoms with Crippen LogP contribution in [0.25, 0.3) is 43.6 Å². The first-order chi connectivity index (χ1) is 30.4. The first-order valence-electron chi connectivity index (χ1n) is 21.0. The summed E-state index contributed by atoms with van der Waals surface area (Å²) in [5, 5.41) is 41.5. The normalized spacial score (nSPS) is 13.0. The van der Waals surface area contributed by atoms with Crippen molar-refractivity contribution in [2.75, 3.05) is 39.7 Å². The Morgan fingerprint density at radius 1 is 0.565 bits per heavy atom. The van der Waals surface area contributed by atoms with Gasteiger partial charge in [-0.1, -0.05) is 91.5 Å². The van der Waals surface area contributed by atoms with E-state index >= 15 is 0 Å². The monoisotopic (exact) mass is 876 g/mol. The Morgan fingerprint density at radius 2 is 1.00 bits per heavy atom. The quantitative estimate of drug-likeness (QED) is 0.0342. The van der Waals surface area contributed by atoms with E-state index in [4.69, 9.17) is 10.2 Å². The molecule has 0 aliphatic carbocycles. The second-order valence-corrected chi connectivity index (χ2v) is 18.9. The summed E-state index contributed by atoms with van der Waals surface area (Å²) >= 11 is 4.85. The second kappa shape index (κ2) is 20.6. The van der Waals surface area contributed by atoms with Gasteiger partial charge in [0.1, 0.15) is 0 Å². The average Bonchev–Trinajstić information content (AvgIpc) is 3.81. The molecule has 2 N–H and O–H groups in total.